The highest BCUT2D eigenvalue weighted by atomic mass is 32.1. The van der Waals surface area contributed by atoms with Gasteiger partial charge in [-0.15, -0.1) is 11.3 Å². The summed E-state index contributed by atoms with van der Waals surface area (Å²) in [6, 6.07) is 1.74. The van der Waals surface area contributed by atoms with Gasteiger partial charge in [-0.2, -0.15) is 0 Å². The summed E-state index contributed by atoms with van der Waals surface area (Å²) in [5.74, 6) is 4.77. The van der Waals surface area contributed by atoms with Crippen molar-refractivity contribution in [1.29, 1.82) is 0 Å². The molecule has 2 N–H and O–H groups in total. The Labute approximate surface area is 122 Å². The third kappa shape index (κ3) is 6.81. The van der Waals surface area contributed by atoms with Crippen LogP contribution in [0, 0.1) is 11.8 Å². The second-order valence-corrected chi connectivity index (χ2v) is 6.03. The third-order valence-corrected chi connectivity index (χ3v) is 2.87. The van der Waals surface area contributed by atoms with E-state index < -0.39 is 17.7 Å². The van der Waals surface area contributed by atoms with Crippen molar-refractivity contribution in [2.24, 2.45) is 0 Å². The van der Waals surface area contributed by atoms with Gasteiger partial charge >= 0.3 is 12.1 Å². The van der Waals surface area contributed by atoms with Crippen LogP contribution >= 0.6 is 11.3 Å². The molecule has 0 aliphatic carbocycles. The zero-order chi connectivity index (χ0) is 15.2. The molecule has 1 heterocycles. The number of ether oxygens (including phenoxy) is 1. The van der Waals surface area contributed by atoms with Gasteiger partial charge in [0.1, 0.15) is 5.60 Å². The van der Waals surface area contributed by atoms with E-state index in [0.29, 0.717) is 0 Å². The average molecular weight is 295 g/mol. The van der Waals surface area contributed by atoms with Crippen LogP contribution in [0.25, 0.3) is 0 Å². The lowest BCUT2D eigenvalue weighted by molar-refractivity contribution is -0.136. The van der Waals surface area contributed by atoms with Gasteiger partial charge in [-0.3, -0.25) is 4.79 Å². The molecule has 5 nitrogen and oxygen atoms in total. The Hall–Kier alpha value is -2.00. The summed E-state index contributed by atoms with van der Waals surface area (Å²) in [6.07, 6.45) is -0.508. The van der Waals surface area contributed by atoms with Crippen molar-refractivity contribution in [2.45, 2.75) is 32.8 Å². The van der Waals surface area contributed by atoms with E-state index in [0.717, 1.165) is 10.4 Å². The van der Waals surface area contributed by atoms with E-state index >= 15 is 0 Å². The lowest BCUT2D eigenvalue weighted by Gasteiger charge is -2.18. The summed E-state index contributed by atoms with van der Waals surface area (Å²) < 4.78 is 5.06. The van der Waals surface area contributed by atoms with Crippen molar-refractivity contribution in [1.82, 2.24) is 5.32 Å². The molecule has 1 rings (SSSR count). The minimum atomic E-state index is -0.863. The van der Waals surface area contributed by atoms with Crippen LogP contribution in [0.1, 0.15) is 31.2 Å². The molecule has 0 spiro atoms. The van der Waals surface area contributed by atoms with Crippen LogP contribution in [0.5, 0.6) is 0 Å². The molecule has 20 heavy (non-hydrogen) atoms. The van der Waals surface area contributed by atoms with Gasteiger partial charge in [-0.05, 0) is 26.8 Å². The summed E-state index contributed by atoms with van der Waals surface area (Å²) in [5, 5.41) is 13.0. The van der Waals surface area contributed by atoms with E-state index in [-0.39, 0.29) is 13.0 Å². The van der Waals surface area contributed by atoms with Crippen molar-refractivity contribution in [3.63, 3.8) is 0 Å². The van der Waals surface area contributed by atoms with Crippen LogP contribution in [0.3, 0.4) is 0 Å². The van der Waals surface area contributed by atoms with Gasteiger partial charge in [0.05, 0.1) is 13.0 Å². The van der Waals surface area contributed by atoms with Gasteiger partial charge in [-0.25, -0.2) is 4.79 Å². The smallest absolute Gasteiger partial charge is 0.408 e. The first-order valence-electron chi connectivity index (χ1n) is 6.01. The van der Waals surface area contributed by atoms with Gasteiger partial charge in [0, 0.05) is 15.8 Å². The standard InChI is InChI=1S/C14H17NO4S/c1-14(2,3)19-13(18)15-6-4-5-10-7-11(20-9-10)8-12(16)17/h7,9H,6,8H2,1-3H3,(H,15,18)(H,16,17). The second kappa shape index (κ2) is 6.96. The van der Waals surface area contributed by atoms with E-state index in [4.69, 9.17) is 9.84 Å². The fraction of sp³-hybridized carbons (Fsp3) is 0.429. The highest BCUT2D eigenvalue weighted by molar-refractivity contribution is 7.10. The number of carbonyl (C=O) groups is 2. The Morgan fingerprint density at radius 1 is 1.45 bits per heavy atom. The molecule has 0 aliphatic rings. The summed E-state index contributed by atoms with van der Waals surface area (Å²) in [4.78, 5) is 22.6. The van der Waals surface area contributed by atoms with Crippen LogP contribution in [-0.4, -0.2) is 29.3 Å². The van der Waals surface area contributed by atoms with Crippen LogP contribution in [0.4, 0.5) is 4.79 Å². The Bertz CT molecular complexity index is 546. The number of hydrogen-bond donors (Lipinski definition) is 2. The van der Waals surface area contributed by atoms with E-state index in [2.05, 4.69) is 17.2 Å². The molecule has 0 aromatic carbocycles. The maximum atomic E-state index is 11.3. The van der Waals surface area contributed by atoms with Crippen LogP contribution < -0.4 is 5.32 Å². The first-order chi connectivity index (χ1) is 9.26. The van der Waals surface area contributed by atoms with Crippen molar-refractivity contribution in [3.05, 3.63) is 21.9 Å². The number of aliphatic carboxylic acids is 1. The molecule has 0 unspecified atom stereocenters. The zero-order valence-electron chi connectivity index (χ0n) is 11.6. The predicted octanol–water partition coefficient (Wildman–Crippen LogP) is 2.25. The quantitative estimate of drug-likeness (QED) is 0.839. The van der Waals surface area contributed by atoms with Crippen LogP contribution in [-0.2, 0) is 16.0 Å². The average Bonchev–Trinajstić information content (AvgIpc) is 2.68. The van der Waals surface area contributed by atoms with Gasteiger partial charge in [-0.1, -0.05) is 11.8 Å². The maximum Gasteiger partial charge on any atom is 0.408 e. The van der Waals surface area contributed by atoms with E-state index in [9.17, 15) is 9.59 Å². The van der Waals surface area contributed by atoms with E-state index in [1.165, 1.54) is 11.3 Å². The fourth-order valence-electron chi connectivity index (χ4n) is 1.26. The summed E-state index contributed by atoms with van der Waals surface area (Å²) in [5.41, 5.74) is 0.216. The van der Waals surface area contributed by atoms with Gasteiger partial charge in [0.25, 0.3) is 0 Å². The molecule has 0 aliphatic heterocycles. The van der Waals surface area contributed by atoms with Gasteiger partial charge in [0.15, 0.2) is 0 Å². The first-order valence-corrected chi connectivity index (χ1v) is 6.89. The summed E-state index contributed by atoms with van der Waals surface area (Å²) in [6.45, 7) is 5.54. The van der Waals surface area contributed by atoms with E-state index in [1.807, 2.05) is 0 Å². The molecule has 0 atom stereocenters. The molecular formula is C14H17NO4S. The SMILES string of the molecule is CC(C)(C)OC(=O)NCC#Cc1csc(CC(=O)O)c1. The highest BCUT2D eigenvalue weighted by Crippen LogP contribution is 2.14. The number of nitrogens with one attached hydrogen (secondary N) is 1. The lowest BCUT2D eigenvalue weighted by Crippen LogP contribution is -2.32. The maximum absolute atomic E-state index is 11.3. The molecule has 0 saturated heterocycles. The largest absolute Gasteiger partial charge is 0.481 e. The van der Waals surface area contributed by atoms with Gasteiger partial charge < -0.3 is 15.2 Å². The molecule has 0 bridgehead atoms. The van der Waals surface area contributed by atoms with Crippen molar-refractivity contribution >= 4 is 23.4 Å². The lowest BCUT2D eigenvalue weighted by atomic mass is 10.2. The Morgan fingerprint density at radius 3 is 2.75 bits per heavy atom. The fourth-order valence-corrected chi connectivity index (χ4v) is 2.07. The van der Waals surface area contributed by atoms with E-state index in [1.54, 1.807) is 32.2 Å². The highest BCUT2D eigenvalue weighted by Gasteiger charge is 2.14. The topological polar surface area (TPSA) is 75.6 Å². The van der Waals surface area contributed by atoms with Crippen molar-refractivity contribution < 1.29 is 19.4 Å². The molecule has 1 aromatic rings. The number of carboxylic acid groups (broad SMARTS) is 1. The number of amides is 1. The Balaban J connectivity index is 2.41. The number of rotatable bonds is 3. The Morgan fingerprint density at radius 2 is 2.15 bits per heavy atom. The predicted molar refractivity (Wildman–Crippen MR) is 76.8 cm³/mol. The number of carbonyl (C=O) groups excluding carboxylic acids is 1. The minimum Gasteiger partial charge on any atom is -0.481 e. The number of thiophene rings is 1. The normalized spacial score (nSPS) is 10.3. The molecule has 0 radical (unpaired) electrons. The third-order valence-electron chi connectivity index (χ3n) is 1.93. The molecular weight excluding hydrogens is 278 g/mol. The van der Waals surface area contributed by atoms with Crippen LogP contribution in [0.2, 0.25) is 0 Å². The second-order valence-electron chi connectivity index (χ2n) is 5.03. The minimum absolute atomic E-state index is 0.00249. The van der Waals surface area contributed by atoms with Crippen molar-refractivity contribution in [3.8, 4) is 11.8 Å². The van der Waals surface area contributed by atoms with Crippen LogP contribution in [0.15, 0.2) is 11.4 Å². The molecule has 0 saturated carbocycles. The molecule has 108 valence electrons. The zero-order valence-corrected chi connectivity index (χ0v) is 12.5. The number of hydrogen-bond acceptors (Lipinski definition) is 4. The van der Waals surface area contributed by atoms with Gasteiger partial charge in [0.2, 0.25) is 0 Å². The Kier molecular flexibility index (Phi) is 5.59. The number of carboxylic acids is 1. The number of alkyl carbamates (subject to hydrolysis) is 1. The van der Waals surface area contributed by atoms with Crippen molar-refractivity contribution in [2.75, 3.05) is 6.54 Å². The molecule has 1 aromatic heterocycles. The first kappa shape index (κ1) is 16.1. The molecule has 1 amide bonds. The molecule has 0 fully saturated rings. The summed E-state index contributed by atoms with van der Waals surface area (Å²) >= 11 is 1.35. The monoisotopic (exact) mass is 295 g/mol. The summed E-state index contributed by atoms with van der Waals surface area (Å²) in [7, 11) is 0. The molecule has 6 heteroatoms.